The normalized spacial score (nSPS) is 10.4. The van der Waals surface area contributed by atoms with E-state index in [0.29, 0.717) is 25.9 Å². The molecule has 0 aromatic carbocycles. The standard InChI is InChI=1S/C7H14N2O2/c1-7(2,3-8-5-10)4-9-6-11/h5-6H,3-4H2,1-2H3,(H,8,10)(H,9,11). The SMILES string of the molecule is CC(C)(CNC=O)CNC=O. The Morgan fingerprint density at radius 3 is 1.73 bits per heavy atom. The van der Waals surface area contributed by atoms with Gasteiger partial charge in [0.25, 0.3) is 0 Å². The zero-order chi connectivity index (χ0) is 8.74. The van der Waals surface area contributed by atoms with E-state index >= 15 is 0 Å². The number of hydrogen-bond acceptors (Lipinski definition) is 2. The molecule has 2 N–H and O–H groups in total. The molecule has 0 aliphatic carbocycles. The minimum absolute atomic E-state index is 0.0815. The second-order valence-corrected chi connectivity index (χ2v) is 3.16. The van der Waals surface area contributed by atoms with Gasteiger partial charge < -0.3 is 10.6 Å². The van der Waals surface area contributed by atoms with Crippen molar-refractivity contribution in [2.75, 3.05) is 13.1 Å². The Balaban J connectivity index is 3.59. The summed E-state index contributed by atoms with van der Waals surface area (Å²) >= 11 is 0. The molecular formula is C7H14N2O2. The fourth-order valence-electron chi connectivity index (χ4n) is 0.698. The molecule has 0 aromatic rings. The van der Waals surface area contributed by atoms with Crippen molar-refractivity contribution in [1.82, 2.24) is 10.6 Å². The van der Waals surface area contributed by atoms with E-state index in [9.17, 15) is 9.59 Å². The summed E-state index contributed by atoms with van der Waals surface area (Å²) in [6.07, 6.45) is 1.31. The Kier molecular flexibility index (Phi) is 4.26. The summed E-state index contributed by atoms with van der Waals surface area (Å²) in [5.41, 5.74) is -0.0815. The maximum atomic E-state index is 9.92. The van der Waals surface area contributed by atoms with Crippen molar-refractivity contribution in [3.8, 4) is 0 Å². The molecule has 64 valence electrons. The van der Waals surface area contributed by atoms with Gasteiger partial charge in [-0.3, -0.25) is 9.59 Å². The molecule has 0 atom stereocenters. The van der Waals surface area contributed by atoms with Crippen molar-refractivity contribution >= 4 is 12.8 Å². The Bertz CT molecular complexity index is 120. The van der Waals surface area contributed by atoms with E-state index in [1.165, 1.54) is 0 Å². The minimum Gasteiger partial charge on any atom is -0.358 e. The van der Waals surface area contributed by atoms with Gasteiger partial charge in [0.1, 0.15) is 0 Å². The molecule has 0 fully saturated rings. The lowest BCUT2D eigenvalue weighted by molar-refractivity contribution is -0.109. The molecule has 0 aliphatic rings. The first-order valence-electron chi connectivity index (χ1n) is 3.46. The highest BCUT2D eigenvalue weighted by Crippen LogP contribution is 2.10. The number of carbonyl (C=O) groups is 2. The van der Waals surface area contributed by atoms with Crippen LogP contribution >= 0.6 is 0 Å². The maximum Gasteiger partial charge on any atom is 0.207 e. The summed E-state index contributed by atoms with van der Waals surface area (Å²) in [4.78, 5) is 19.8. The molecule has 4 heteroatoms. The van der Waals surface area contributed by atoms with E-state index in [1.54, 1.807) is 0 Å². The van der Waals surface area contributed by atoms with Gasteiger partial charge in [0.15, 0.2) is 0 Å². The van der Waals surface area contributed by atoms with E-state index in [-0.39, 0.29) is 5.41 Å². The molecule has 0 heterocycles. The number of hydrogen-bond donors (Lipinski definition) is 2. The van der Waals surface area contributed by atoms with Crippen molar-refractivity contribution in [3.63, 3.8) is 0 Å². The van der Waals surface area contributed by atoms with Gasteiger partial charge in [0.05, 0.1) is 0 Å². The van der Waals surface area contributed by atoms with Crippen molar-refractivity contribution in [3.05, 3.63) is 0 Å². The Morgan fingerprint density at radius 2 is 1.45 bits per heavy atom. The van der Waals surface area contributed by atoms with Crippen LogP contribution in [0.3, 0.4) is 0 Å². The molecule has 0 aromatic heterocycles. The zero-order valence-electron chi connectivity index (χ0n) is 6.89. The molecule has 0 saturated carbocycles. The molecule has 0 spiro atoms. The number of amides is 2. The summed E-state index contributed by atoms with van der Waals surface area (Å²) in [6.45, 7) is 5.05. The van der Waals surface area contributed by atoms with Gasteiger partial charge in [0.2, 0.25) is 12.8 Å². The van der Waals surface area contributed by atoms with E-state index in [4.69, 9.17) is 0 Å². The van der Waals surface area contributed by atoms with Crippen LogP contribution in [-0.4, -0.2) is 25.9 Å². The Labute approximate surface area is 66.4 Å². The van der Waals surface area contributed by atoms with Crippen LogP contribution < -0.4 is 10.6 Å². The third-order valence-electron chi connectivity index (χ3n) is 1.33. The van der Waals surface area contributed by atoms with Crippen LogP contribution in [0.5, 0.6) is 0 Å². The largest absolute Gasteiger partial charge is 0.358 e. The smallest absolute Gasteiger partial charge is 0.207 e. The van der Waals surface area contributed by atoms with Gasteiger partial charge >= 0.3 is 0 Å². The molecule has 0 saturated heterocycles. The van der Waals surface area contributed by atoms with Crippen molar-refractivity contribution in [1.29, 1.82) is 0 Å². The van der Waals surface area contributed by atoms with E-state index in [1.807, 2.05) is 13.8 Å². The molecule has 2 amide bonds. The van der Waals surface area contributed by atoms with Gasteiger partial charge in [-0.25, -0.2) is 0 Å². The van der Waals surface area contributed by atoms with Gasteiger partial charge in [-0.15, -0.1) is 0 Å². The predicted octanol–water partition coefficient (Wildman–Crippen LogP) is -0.495. The highest BCUT2D eigenvalue weighted by atomic mass is 16.1. The molecule has 0 bridgehead atoms. The fraction of sp³-hybridized carbons (Fsp3) is 0.714. The van der Waals surface area contributed by atoms with E-state index < -0.39 is 0 Å². The zero-order valence-corrected chi connectivity index (χ0v) is 6.89. The molecular weight excluding hydrogens is 144 g/mol. The molecule has 0 aliphatic heterocycles. The lowest BCUT2D eigenvalue weighted by Gasteiger charge is -2.22. The first-order valence-corrected chi connectivity index (χ1v) is 3.46. The van der Waals surface area contributed by atoms with Gasteiger partial charge in [-0.05, 0) is 5.41 Å². The molecule has 4 nitrogen and oxygen atoms in total. The first-order chi connectivity index (χ1) is 5.12. The molecule has 11 heavy (non-hydrogen) atoms. The maximum absolute atomic E-state index is 9.92. The Hall–Kier alpha value is -1.06. The van der Waals surface area contributed by atoms with Crippen LogP contribution in [0.1, 0.15) is 13.8 Å². The molecule has 0 radical (unpaired) electrons. The van der Waals surface area contributed by atoms with Crippen LogP contribution in [0, 0.1) is 5.41 Å². The van der Waals surface area contributed by atoms with Gasteiger partial charge in [-0.2, -0.15) is 0 Å². The monoisotopic (exact) mass is 158 g/mol. The minimum atomic E-state index is -0.0815. The third kappa shape index (κ3) is 5.39. The predicted molar refractivity (Wildman–Crippen MR) is 41.9 cm³/mol. The number of carbonyl (C=O) groups excluding carboxylic acids is 2. The van der Waals surface area contributed by atoms with Gasteiger partial charge in [0, 0.05) is 13.1 Å². The second-order valence-electron chi connectivity index (χ2n) is 3.16. The summed E-state index contributed by atoms with van der Waals surface area (Å²) in [6, 6.07) is 0. The van der Waals surface area contributed by atoms with Crippen molar-refractivity contribution < 1.29 is 9.59 Å². The third-order valence-corrected chi connectivity index (χ3v) is 1.33. The lowest BCUT2D eigenvalue weighted by Crippen LogP contribution is -2.37. The quantitative estimate of drug-likeness (QED) is 0.512. The van der Waals surface area contributed by atoms with Crippen LogP contribution in [0.2, 0.25) is 0 Å². The van der Waals surface area contributed by atoms with Crippen LogP contribution in [0.15, 0.2) is 0 Å². The first kappa shape index (κ1) is 9.94. The van der Waals surface area contributed by atoms with Crippen molar-refractivity contribution in [2.45, 2.75) is 13.8 Å². The van der Waals surface area contributed by atoms with Crippen LogP contribution in [-0.2, 0) is 9.59 Å². The molecule has 0 unspecified atom stereocenters. The fourth-order valence-corrected chi connectivity index (χ4v) is 0.698. The summed E-state index contributed by atoms with van der Waals surface area (Å²) in [5, 5.41) is 5.12. The molecule has 0 rings (SSSR count). The van der Waals surface area contributed by atoms with E-state index in [2.05, 4.69) is 10.6 Å². The number of rotatable bonds is 6. The van der Waals surface area contributed by atoms with Crippen LogP contribution in [0.25, 0.3) is 0 Å². The summed E-state index contributed by atoms with van der Waals surface area (Å²) in [7, 11) is 0. The lowest BCUT2D eigenvalue weighted by atomic mass is 9.94. The highest BCUT2D eigenvalue weighted by molar-refractivity contribution is 5.47. The second kappa shape index (κ2) is 4.71. The Morgan fingerprint density at radius 1 is 1.09 bits per heavy atom. The van der Waals surface area contributed by atoms with Crippen LogP contribution in [0.4, 0.5) is 0 Å². The number of nitrogens with one attached hydrogen (secondary N) is 2. The topological polar surface area (TPSA) is 58.2 Å². The average molecular weight is 158 g/mol. The summed E-state index contributed by atoms with van der Waals surface area (Å²) in [5.74, 6) is 0. The summed E-state index contributed by atoms with van der Waals surface area (Å²) < 4.78 is 0. The van der Waals surface area contributed by atoms with E-state index in [0.717, 1.165) is 0 Å². The average Bonchev–Trinajstić information content (AvgIpc) is 1.97. The van der Waals surface area contributed by atoms with Crippen molar-refractivity contribution in [2.24, 2.45) is 5.41 Å². The van der Waals surface area contributed by atoms with Gasteiger partial charge in [-0.1, -0.05) is 13.8 Å². The highest BCUT2D eigenvalue weighted by Gasteiger charge is 2.15.